The molecule has 0 saturated heterocycles. The average Bonchev–Trinajstić information content (AvgIpc) is 2.34. The molecule has 16 heavy (non-hydrogen) atoms. The van der Waals surface area contributed by atoms with Gasteiger partial charge in [-0.25, -0.2) is 15.8 Å². The van der Waals surface area contributed by atoms with Gasteiger partial charge in [0.25, 0.3) is 0 Å². The minimum absolute atomic E-state index is 0.707. The van der Waals surface area contributed by atoms with Crippen LogP contribution in [0, 0.1) is 5.92 Å². The third-order valence-corrected chi connectivity index (χ3v) is 3.96. The number of nitrogens with one attached hydrogen (secondary N) is 1. The lowest BCUT2D eigenvalue weighted by Crippen LogP contribution is -2.12. The summed E-state index contributed by atoms with van der Waals surface area (Å²) in [6.07, 6.45) is 3.65. The van der Waals surface area contributed by atoms with Crippen LogP contribution in [-0.4, -0.2) is 15.7 Å². The summed E-state index contributed by atoms with van der Waals surface area (Å²) in [5.74, 6) is 7.96. The van der Waals surface area contributed by atoms with Crippen molar-refractivity contribution in [3.8, 4) is 0 Å². The standard InChI is InChI=1S/C11H20N4S/c1-4-8(3)6-16-11-9(5-2)10(15-12)13-7-14-11/h7-8H,4-6,12H2,1-3H3,(H,13,14,15). The molecule has 1 atom stereocenters. The Hall–Kier alpha value is -0.810. The molecule has 0 spiro atoms. The molecule has 0 amide bonds. The van der Waals surface area contributed by atoms with Crippen molar-refractivity contribution >= 4 is 17.6 Å². The summed E-state index contributed by atoms with van der Waals surface area (Å²) in [6, 6.07) is 0. The summed E-state index contributed by atoms with van der Waals surface area (Å²) in [6.45, 7) is 6.55. The SMILES string of the molecule is CCc1c(NN)ncnc1SCC(C)CC. The maximum Gasteiger partial charge on any atom is 0.147 e. The van der Waals surface area contributed by atoms with Gasteiger partial charge in [0.15, 0.2) is 0 Å². The number of anilines is 1. The normalized spacial score (nSPS) is 12.5. The Morgan fingerprint density at radius 2 is 2.19 bits per heavy atom. The molecule has 1 unspecified atom stereocenters. The van der Waals surface area contributed by atoms with E-state index in [0.717, 1.165) is 28.6 Å². The lowest BCUT2D eigenvalue weighted by Gasteiger charge is -2.12. The largest absolute Gasteiger partial charge is 0.308 e. The van der Waals surface area contributed by atoms with E-state index in [1.54, 1.807) is 18.1 Å². The van der Waals surface area contributed by atoms with Gasteiger partial charge < -0.3 is 5.43 Å². The van der Waals surface area contributed by atoms with E-state index in [4.69, 9.17) is 5.84 Å². The van der Waals surface area contributed by atoms with Crippen LogP contribution in [0.3, 0.4) is 0 Å². The first-order valence-electron chi connectivity index (χ1n) is 5.66. The van der Waals surface area contributed by atoms with Crippen LogP contribution in [0.5, 0.6) is 0 Å². The molecule has 3 N–H and O–H groups in total. The van der Waals surface area contributed by atoms with Crippen LogP contribution in [-0.2, 0) is 6.42 Å². The fourth-order valence-electron chi connectivity index (χ4n) is 1.30. The molecule has 0 fully saturated rings. The van der Waals surface area contributed by atoms with Gasteiger partial charge in [-0.3, -0.25) is 0 Å². The molecule has 0 aliphatic rings. The fourth-order valence-corrected chi connectivity index (χ4v) is 2.52. The van der Waals surface area contributed by atoms with Crippen molar-refractivity contribution in [1.82, 2.24) is 9.97 Å². The van der Waals surface area contributed by atoms with E-state index in [9.17, 15) is 0 Å². The zero-order valence-corrected chi connectivity index (χ0v) is 11.0. The molecule has 0 aromatic carbocycles. The van der Waals surface area contributed by atoms with Crippen LogP contribution in [0.2, 0.25) is 0 Å². The Bertz CT molecular complexity index is 330. The quantitative estimate of drug-likeness (QED) is 0.346. The van der Waals surface area contributed by atoms with Crippen molar-refractivity contribution < 1.29 is 0 Å². The van der Waals surface area contributed by atoms with Crippen LogP contribution in [0.1, 0.15) is 32.8 Å². The number of nitrogen functional groups attached to an aromatic ring is 1. The molecule has 4 nitrogen and oxygen atoms in total. The number of nitrogens with zero attached hydrogens (tertiary/aromatic N) is 2. The van der Waals surface area contributed by atoms with Crippen LogP contribution in [0.25, 0.3) is 0 Å². The zero-order chi connectivity index (χ0) is 12.0. The molecule has 0 bridgehead atoms. The number of hydrogen-bond acceptors (Lipinski definition) is 5. The smallest absolute Gasteiger partial charge is 0.147 e. The predicted octanol–water partition coefficient (Wildman–Crippen LogP) is 2.46. The number of thioether (sulfide) groups is 1. The first-order chi connectivity index (χ1) is 7.72. The van der Waals surface area contributed by atoms with Crippen molar-refractivity contribution in [2.45, 2.75) is 38.6 Å². The molecule has 1 aromatic rings. The summed E-state index contributed by atoms with van der Waals surface area (Å²) >= 11 is 1.79. The van der Waals surface area contributed by atoms with Crippen molar-refractivity contribution in [2.75, 3.05) is 11.2 Å². The first kappa shape index (κ1) is 13.3. The molecule has 5 heteroatoms. The van der Waals surface area contributed by atoms with Crippen LogP contribution < -0.4 is 11.3 Å². The lowest BCUT2D eigenvalue weighted by atomic mass is 10.2. The second-order valence-corrected chi connectivity index (χ2v) is 4.84. The van der Waals surface area contributed by atoms with Crippen molar-refractivity contribution in [3.05, 3.63) is 11.9 Å². The van der Waals surface area contributed by atoms with Crippen molar-refractivity contribution in [3.63, 3.8) is 0 Å². The number of nitrogens with two attached hydrogens (primary N) is 1. The minimum Gasteiger partial charge on any atom is -0.308 e. The number of aromatic nitrogens is 2. The van der Waals surface area contributed by atoms with Crippen LogP contribution in [0.15, 0.2) is 11.4 Å². The molecule has 0 radical (unpaired) electrons. The Morgan fingerprint density at radius 3 is 2.75 bits per heavy atom. The van der Waals surface area contributed by atoms with Gasteiger partial charge in [0.2, 0.25) is 0 Å². The molecule has 0 aliphatic carbocycles. The second kappa shape index (κ2) is 6.70. The van der Waals surface area contributed by atoms with E-state index < -0.39 is 0 Å². The highest BCUT2D eigenvalue weighted by Gasteiger charge is 2.10. The highest BCUT2D eigenvalue weighted by Crippen LogP contribution is 2.26. The van der Waals surface area contributed by atoms with E-state index in [0.29, 0.717) is 5.92 Å². The van der Waals surface area contributed by atoms with Gasteiger partial charge in [-0.2, -0.15) is 0 Å². The van der Waals surface area contributed by atoms with E-state index in [1.807, 2.05) is 0 Å². The molecular weight excluding hydrogens is 220 g/mol. The molecule has 1 heterocycles. The number of hydrogen-bond donors (Lipinski definition) is 2. The number of rotatable bonds is 6. The second-order valence-electron chi connectivity index (χ2n) is 3.83. The topological polar surface area (TPSA) is 63.8 Å². The summed E-state index contributed by atoms with van der Waals surface area (Å²) in [7, 11) is 0. The zero-order valence-electron chi connectivity index (χ0n) is 10.2. The van der Waals surface area contributed by atoms with Gasteiger partial charge in [-0.1, -0.05) is 27.2 Å². The lowest BCUT2D eigenvalue weighted by molar-refractivity contribution is 0.636. The molecular formula is C11H20N4S. The summed E-state index contributed by atoms with van der Waals surface area (Å²) < 4.78 is 0. The first-order valence-corrected chi connectivity index (χ1v) is 6.64. The van der Waals surface area contributed by atoms with Crippen molar-refractivity contribution in [2.24, 2.45) is 11.8 Å². The van der Waals surface area contributed by atoms with E-state index in [2.05, 4.69) is 36.2 Å². The van der Waals surface area contributed by atoms with Gasteiger partial charge in [0.05, 0.1) is 0 Å². The van der Waals surface area contributed by atoms with Crippen LogP contribution >= 0.6 is 11.8 Å². The van der Waals surface area contributed by atoms with Crippen molar-refractivity contribution in [1.29, 1.82) is 0 Å². The highest BCUT2D eigenvalue weighted by molar-refractivity contribution is 7.99. The van der Waals surface area contributed by atoms with Gasteiger partial charge in [-0.05, 0) is 12.3 Å². The predicted molar refractivity (Wildman–Crippen MR) is 69.4 cm³/mol. The number of hydrazine groups is 1. The van der Waals surface area contributed by atoms with Gasteiger partial charge >= 0.3 is 0 Å². The summed E-state index contributed by atoms with van der Waals surface area (Å²) in [5, 5.41) is 1.05. The minimum atomic E-state index is 0.707. The third-order valence-electron chi connectivity index (χ3n) is 2.60. The summed E-state index contributed by atoms with van der Waals surface area (Å²) in [5.41, 5.74) is 3.73. The molecule has 1 aromatic heterocycles. The monoisotopic (exact) mass is 240 g/mol. The molecule has 90 valence electrons. The Balaban J connectivity index is 2.78. The maximum absolute atomic E-state index is 5.43. The van der Waals surface area contributed by atoms with Gasteiger partial charge in [0.1, 0.15) is 17.2 Å². The fraction of sp³-hybridized carbons (Fsp3) is 0.636. The molecule has 1 rings (SSSR count). The highest BCUT2D eigenvalue weighted by atomic mass is 32.2. The molecule has 0 aliphatic heterocycles. The Labute approximate surface area is 101 Å². The average molecular weight is 240 g/mol. The van der Waals surface area contributed by atoms with Gasteiger partial charge in [0, 0.05) is 11.3 Å². The third kappa shape index (κ3) is 3.35. The van der Waals surface area contributed by atoms with Crippen LogP contribution in [0.4, 0.5) is 5.82 Å². The summed E-state index contributed by atoms with van der Waals surface area (Å²) in [4.78, 5) is 8.44. The Kier molecular flexibility index (Phi) is 5.55. The van der Waals surface area contributed by atoms with E-state index >= 15 is 0 Å². The molecule has 0 saturated carbocycles. The van der Waals surface area contributed by atoms with E-state index in [-0.39, 0.29) is 0 Å². The van der Waals surface area contributed by atoms with Gasteiger partial charge in [-0.15, -0.1) is 11.8 Å². The van der Waals surface area contributed by atoms with E-state index in [1.165, 1.54) is 6.42 Å². The Morgan fingerprint density at radius 1 is 1.44 bits per heavy atom. The maximum atomic E-state index is 5.43.